The molecule has 0 radical (unpaired) electrons. The lowest BCUT2D eigenvalue weighted by Gasteiger charge is -1.99. The number of nitrogens with zero attached hydrogens (tertiary/aromatic N) is 3. The third-order valence-corrected chi connectivity index (χ3v) is 3.21. The molecule has 0 saturated carbocycles. The minimum atomic E-state index is 0.436. The second-order valence-electron chi connectivity index (χ2n) is 4.52. The lowest BCUT2D eigenvalue weighted by Crippen LogP contribution is -2.02. The maximum absolute atomic E-state index is 5.81. The first-order valence-electron chi connectivity index (χ1n) is 6.51. The molecule has 0 amide bonds. The molecule has 0 fully saturated rings. The standard InChI is InChI=1S/C15H13ClN4O/c16-12-4-5-13(18-9-12)14-19-15(21-20-14)11-3-1-2-10(8-11)6-7-17/h1-5,8-9H,6-7,17H2. The second kappa shape index (κ2) is 6.03. The van der Waals surface area contributed by atoms with Crippen molar-refractivity contribution in [2.24, 2.45) is 5.73 Å². The van der Waals surface area contributed by atoms with E-state index in [1.54, 1.807) is 18.3 Å². The quantitative estimate of drug-likeness (QED) is 0.801. The topological polar surface area (TPSA) is 77.8 Å². The highest BCUT2D eigenvalue weighted by molar-refractivity contribution is 6.30. The van der Waals surface area contributed by atoms with Gasteiger partial charge in [-0.25, -0.2) is 0 Å². The number of nitrogens with two attached hydrogens (primary N) is 1. The van der Waals surface area contributed by atoms with Crippen LogP contribution in [-0.2, 0) is 6.42 Å². The van der Waals surface area contributed by atoms with Crippen LogP contribution in [0.2, 0.25) is 5.02 Å². The molecule has 2 aromatic heterocycles. The van der Waals surface area contributed by atoms with Gasteiger partial charge >= 0.3 is 0 Å². The molecule has 21 heavy (non-hydrogen) atoms. The molecule has 0 bridgehead atoms. The van der Waals surface area contributed by atoms with Gasteiger partial charge in [0.2, 0.25) is 5.82 Å². The van der Waals surface area contributed by atoms with E-state index in [0.29, 0.717) is 29.0 Å². The van der Waals surface area contributed by atoms with Crippen LogP contribution < -0.4 is 5.73 Å². The van der Waals surface area contributed by atoms with E-state index in [2.05, 4.69) is 15.1 Å². The number of rotatable bonds is 4. The Kier molecular flexibility index (Phi) is 3.94. The van der Waals surface area contributed by atoms with Gasteiger partial charge in [-0.05, 0) is 42.8 Å². The van der Waals surface area contributed by atoms with Crippen molar-refractivity contribution >= 4 is 11.6 Å². The normalized spacial score (nSPS) is 10.8. The maximum Gasteiger partial charge on any atom is 0.258 e. The minimum absolute atomic E-state index is 0.436. The number of pyridine rings is 1. The Bertz CT molecular complexity index is 739. The Labute approximate surface area is 126 Å². The molecule has 0 unspecified atom stereocenters. The molecule has 106 valence electrons. The Hall–Kier alpha value is -2.24. The molecule has 0 spiro atoms. The van der Waals surface area contributed by atoms with Crippen LogP contribution in [0.5, 0.6) is 0 Å². The first kappa shape index (κ1) is 13.7. The number of hydrogen-bond acceptors (Lipinski definition) is 5. The van der Waals surface area contributed by atoms with Gasteiger partial charge in [0.25, 0.3) is 5.89 Å². The Morgan fingerprint density at radius 2 is 2.10 bits per heavy atom. The average molecular weight is 301 g/mol. The second-order valence-corrected chi connectivity index (χ2v) is 4.96. The van der Waals surface area contributed by atoms with Crippen molar-refractivity contribution in [2.45, 2.75) is 6.42 Å². The van der Waals surface area contributed by atoms with Gasteiger partial charge in [0.05, 0.1) is 5.02 Å². The molecule has 0 atom stereocenters. The van der Waals surface area contributed by atoms with Crippen molar-refractivity contribution in [1.82, 2.24) is 15.1 Å². The summed E-state index contributed by atoms with van der Waals surface area (Å²) < 4.78 is 5.30. The van der Waals surface area contributed by atoms with Gasteiger partial charge in [-0.2, -0.15) is 4.98 Å². The molecule has 0 aliphatic rings. The maximum atomic E-state index is 5.81. The molecule has 0 aliphatic carbocycles. The summed E-state index contributed by atoms with van der Waals surface area (Å²) in [5, 5.41) is 4.52. The van der Waals surface area contributed by atoms with E-state index in [0.717, 1.165) is 17.5 Å². The summed E-state index contributed by atoms with van der Waals surface area (Å²) in [5.41, 5.74) is 8.20. The van der Waals surface area contributed by atoms with Gasteiger partial charge in [-0.15, -0.1) is 0 Å². The van der Waals surface area contributed by atoms with Crippen LogP contribution in [0.25, 0.3) is 23.0 Å². The molecule has 3 aromatic rings. The van der Waals surface area contributed by atoms with E-state index in [1.165, 1.54) is 0 Å². The smallest absolute Gasteiger partial charge is 0.258 e. The first-order chi connectivity index (χ1) is 10.3. The highest BCUT2D eigenvalue weighted by Gasteiger charge is 2.11. The number of benzene rings is 1. The van der Waals surface area contributed by atoms with Crippen LogP contribution in [0.15, 0.2) is 47.1 Å². The van der Waals surface area contributed by atoms with E-state index in [9.17, 15) is 0 Å². The first-order valence-corrected chi connectivity index (χ1v) is 6.89. The molecular weight excluding hydrogens is 288 g/mol. The highest BCUT2D eigenvalue weighted by atomic mass is 35.5. The number of halogens is 1. The number of aromatic nitrogens is 3. The predicted octanol–water partition coefficient (Wildman–Crippen LogP) is 2.95. The van der Waals surface area contributed by atoms with Crippen LogP contribution in [0.3, 0.4) is 0 Å². The molecule has 2 N–H and O–H groups in total. The SMILES string of the molecule is NCCc1cccc(-c2nc(-c3ccc(Cl)cn3)no2)c1. The van der Waals surface area contributed by atoms with Crippen LogP contribution in [0, 0.1) is 0 Å². The van der Waals surface area contributed by atoms with E-state index in [-0.39, 0.29) is 0 Å². The van der Waals surface area contributed by atoms with Gasteiger partial charge in [-0.1, -0.05) is 28.9 Å². The van der Waals surface area contributed by atoms with Crippen molar-refractivity contribution in [2.75, 3.05) is 6.54 Å². The van der Waals surface area contributed by atoms with Crippen molar-refractivity contribution in [1.29, 1.82) is 0 Å². The summed E-state index contributed by atoms with van der Waals surface area (Å²) in [6, 6.07) is 11.4. The van der Waals surface area contributed by atoms with Crippen LogP contribution in [0.1, 0.15) is 5.56 Å². The van der Waals surface area contributed by atoms with Gasteiger partial charge in [0.1, 0.15) is 5.69 Å². The Morgan fingerprint density at radius 1 is 1.19 bits per heavy atom. The third kappa shape index (κ3) is 3.09. The molecule has 2 heterocycles. The zero-order valence-corrected chi connectivity index (χ0v) is 11.9. The van der Waals surface area contributed by atoms with Crippen LogP contribution in [-0.4, -0.2) is 21.7 Å². The van der Waals surface area contributed by atoms with Gasteiger partial charge in [0, 0.05) is 11.8 Å². The third-order valence-electron chi connectivity index (χ3n) is 2.99. The lowest BCUT2D eigenvalue weighted by molar-refractivity contribution is 0.432. The lowest BCUT2D eigenvalue weighted by atomic mass is 10.1. The van der Waals surface area contributed by atoms with Crippen molar-refractivity contribution in [3.63, 3.8) is 0 Å². The van der Waals surface area contributed by atoms with Crippen molar-refractivity contribution < 1.29 is 4.52 Å². The highest BCUT2D eigenvalue weighted by Crippen LogP contribution is 2.22. The molecule has 0 aliphatic heterocycles. The zero-order valence-electron chi connectivity index (χ0n) is 11.2. The molecule has 0 saturated heterocycles. The molecule has 5 nitrogen and oxygen atoms in total. The fraction of sp³-hybridized carbons (Fsp3) is 0.133. The largest absolute Gasteiger partial charge is 0.334 e. The summed E-state index contributed by atoms with van der Waals surface area (Å²) >= 11 is 5.81. The van der Waals surface area contributed by atoms with Crippen LogP contribution in [0.4, 0.5) is 0 Å². The van der Waals surface area contributed by atoms with Gasteiger partial charge in [0.15, 0.2) is 0 Å². The van der Waals surface area contributed by atoms with Crippen molar-refractivity contribution in [3.05, 3.63) is 53.2 Å². The van der Waals surface area contributed by atoms with E-state index >= 15 is 0 Å². The van der Waals surface area contributed by atoms with Crippen LogP contribution >= 0.6 is 11.6 Å². The van der Waals surface area contributed by atoms with E-state index < -0.39 is 0 Å². The van der Waals surface area contributed by atoms with Gasteiger partial charge in [-0.3, -0.25) is 4.98 Å². The summed E-state index contributed by atoms with van der Waals surface area (Å²) in [7, 11) is 0. The molecule has 3 rings (SSSR count). The minimum Gasteiger partial charge on any atom is -0.334 e. The fourth-order valence-electron chi connectivity index (χ4n) is 1.98. The van der Waals surface area contributed by atoms with E-state index in [4.69, 9.17) is 21.9 Å². The zero-order chi connectivity index (χ0) is 14.7. The summed E-state index contributed by atoms with van der Waals surface area (Å²) in [4.78, 5) is 8.54. The summed E-state index contributed by atoms with van der Waals surface area (Å²) in [5.74, 6) is 0.895. The molecule has 6 heteroatoms. The Balaban J connectivity index is 1.91. The number of hydrogen-bond donors (Lipinski definition) is 1. The van der Waals surface area contributed by atoms with Crippen molar-refractivity contribution in [3.8, 4) is 23.0 Å². The summed E-state index contributed by atoms with van der Waals surface area (Å²) in [6.45, 7) is 0.604. The van der Waals surface area contributed by atoms with E-state index in [1.807, 2.05) is 24.3 Å². The fourth-order valence-corrected chi connectivity index (χ4v) is 2.09. The average Bonchev–Trinajstić information content (AvgIpc) is 2.98. The Morgan fingerprint density at radius 3 is 2.86 bits per heavy atom. The summed E-state index contributed by atoms with van der Waals surface area (Å²) in [6.07, 6.45) is 2.36. The molecule has 1 aromatic carbocycles. The molecular formula is C15H13ClN4O. The predicted molar refractivity (Wildman–Crippen MR) is 80.7 cm³/mol. The monoisotopic (exact) mass is 300 g/mol. The van der Waals surface area contributed by atoms with Gasteiger partial charge < -0.3 is 10.3 Å².